The van der Waals surface area contributed by atoms with E-state index in [1.54, 1.807) is 0 Å². The predicted molar refractivity (Wildman–Crippen MR) is 48.8 cm³/mol. The lowest BCUT2D eigenvalue weighted by Crippen LogP contribution is -2.43. The van der Waals surface area contributed by atoms with E-state index in [1.807, 2.05) is 0 Å². The first-order chi connectivity index (χ1) is 7.13. The Hall–Kier alpha value is -1.77. The summed E-state index contributed by atoms with van der Waals surface area (Å²) in [6.45, 7) is 0. The standard InChI is InChI=1S/C9H11N3O3/c10-4-6-2-1-5-3-7(11-9(14)15)8(13)12(5)6/h5-7,11H,1-3H2,(H,14,15)/t5?,6-,7+/m0/s1. The van der Waals surface area contributed by atoms with Crippen LogP contribution in [0.15, 0.2) is 0 Å². The minimum Gasteiger partial charge on any atom is -0.465 e. The van der Waals surface area contributed by atoms with Gasteiger partial charge in [-0.1, -0.05) is 0 Å². The van der Waals surface area contributed by atoms with E-state index < -0.39 is 12.1 Å². The highest BCUT2D eigenvalue weighted by molar-refractivity contribution is 5.88. The van der Waals surface area contributed by atoms with Crippen molar-refractivity contribution in [2.75, 3.05) is 0 Å². The molecule has 2 fully saturated rings. The van der Waals surface area contributed by atoms with Crippen molar-refractivity contribution < 1.29 is 14.7 Å². The molecule has 6 nitrogen and oxygen atoms in total. The lowest BCUT2D eigenvalue weighted by molar-refractivity contribution is -0.130. The van der Waals surface area contributed by atoms with E-state index in [9.17, 15) is 9.59 Å². The van der Waals surface area contributed by atoms with Crippen LogP contribution in [-0.2, 0) is 4.79 Å². The summed E-state index contributed by atoms with van der Waals surface area (Å²) < 4.78 is 0. The molecule has 2 N–H and O–H groups in total. The van der Waals surface area contributed by atoms with Crippen LogP contribution in [0.25, 0.3) is 0 Å². The number of carbonyl (C=O) groups excluding carboxylic acids is 1. The van der Waals surface area contributed by atoms with Crippen LogP contribution < -0.4 is 5.32 Å². The first-order valence-corrected chi connectivity index (χ1v) is 4.84. The molecular formula is C9H11N3O3. The van der Waals surface area contributed by atoms with E-state index in [4.69, 9.17) is 10.4 Å². The van der Waals surface area contributed by atoms with Gasteiger partial charge in [0.15, 0.2) is 0 Å². The average molecular weight is 209 g/mol. The van der Waals surface area contributed by atoms with E-state index in [-0.39, 0.29) is 18.0 Å². The maximum absolute atomic E-state index is 11.7. The number of carbonyl (C=O) groups is 2. The normalized spacial score (nSPS) is 33.7. The quantitative estimate of drug-likeness (QED) is 0.631. The topological polar surface area (TPSA) is 93.4 Å². The third-order valence-corrected chi connectivity index (χ3v) is 3.01. The van der Waals surface area contributed by atoms with Gasteiger partial charge in [-0.3, -0.25) is 4.79 Å². The van der Waals surface area contributed by atoms with Crippen LogP contribution in [0.5, 0.6) is 0 Å². The van der Waals surface area contributed by atoms with E-state index in [0.29, 0.717) is 12.8 Å². The number of fused-ring (bicyclic) bond motifs is 1. The monoisotopic (exact) mass is 209 g/mol. The molecule has 2 heterocycles. The molecular weight excluding hydrogens is 198 g/mol. The number of amides is 2. The summed E-state index contributed by atoms with van der Waals surface area (Å²) in [6, 6.07) is 1.07. The van der Waals surface area contributed by atoms with Crippen molar-refractivity contribution in [1.29, 1.82) is 5.26 Å². The second-order valence-electron chi connectivity index (χ2n) is 3.86. The summed E-state index contributed by atoms with van der Waals surface area (Å²) in [5, 5.41) is 19.5. The molecule has 80 valence electrons. The molecule has 2 rings (SSSR count). The second-order valence-corrected chi connectivity index (χ2v) is 3.86. The van der Waals surface area contributed by atoms with Crippen LogP contribution in [-0.4, -0.2) is 40.1 Å². The molecule has 2 aliphatic rings. The molecule has 3 atom stereocenters. The SMILES string of the molecule is N#C[C@@H]1CCC2C[C@@H](NC(=O)O)C(=O)N21. The Labute approximate surface area is 86.5 Å². The van der Waals surface area contributed by atoms with Crippen molar-refractivity contribution in [2.45, 2.75) is 37.4 Å². The summed E-state index contributed by atoms with van der Waals surface area (Å²) in [6.07, 6.45) is 0.792. The summed E-state index contributed by atoms with van der Waals surface area (Å²) in [5.74, 6) is -0.258. The van der Waals surface area contributed by atoms with Crippen LogP contribution in [0.3, 0.4) is 0 Å². The Bertz CT molecular complexity index is 349. The van der Waals surface area contributed by atoms with Crippen molar-refractivity contribution in [3.63, 3.8) is 0 Å². The van der Waals surface area contributed by atoms with Crippen LogP contribution in [0, 0.1) is 11.3 Å². The van der Waals surface area contributed by atoms with Crippen molar-refractivity contribution in [2.24, 2.45) is 0 Å². The molecule has 0 aliphatic carbocycles. The fourth-order valence-electron chi connectivity index (χ4n) is 2.40. The summed E-state index contributed by atoms with van der Waals surface area (Å²) in [4.78, 5) is 23.7. The molecule has 15 heavy (non-hydrogen) atoms. The third kappa shape index (κ3) is 1.50. The Balaban J connectivity index is 2.10. The Kier molecular flexibility index (Phi) is 2.23. The Morgan fingerprint density at radius 1 is 1.60 bits per heavy atom. The summed E-state index contributed by atoms with van der Waals surface area (Å²) in [7, 11) is 0. The molecule has 6 heteroatoms. The first-order valence-electron chi connectivity index (χ1n) is 4.84. The zero-order chi connectivity index (χ0) is 11.0. The van der Waals surface area contributed by atoms with Gasteiger partial charge in [-0.25, -0.2) is 4.79 Å². The van der Waals surface area contributed by atoms with Crippen molar-refractivity contribution >= 4 is 12.0 Å². The third-order valence-electron chi connectivity index (χ3n) is 3.01. The number of nitrogens with zero attached hydrogens (tertiary/aromatic N) is 2. The van der Waals surface area contributed by atoms with Gasteiger partial charge in [0.05, 0.1) is 6.07 Å². The summed E-state index contributed by atoms with van der Waals surface area (Å²) in [5.41, 5.74) is 0. The molecule has 2 aliphatic heterocycles. The highest BCUT2D eigenvalue weighted by Crippen LogP contribution is 2.33. The molecule has 0 spiro atoms. The maximum atomic E-state index is 11.7. The lowest BCUT2D eigenvalue weighted by Gasteiger charge is -2.18. The van der Waals surface area contributed by atoms with Crippen LogP contribution in [0.1, 0.15) is 19.3 Å². The average Bonchev–Trinajstić information content (AvgIpc) is 2.68. The molecule has 0 radical (unpaired) electrons. The molecule has 2 saturated heterocycles. The van der Waals surface area contributed by atoms with Crippen molar-refractivity contribution in [1.82, 2.24) is 10.2 Å². The summed E-state index contributed by atoms with van der Waals surface area (Å²) >= 11 is 0. The van der Waals surface area contributed by atoms with Gasteiger partial charge in [0, 0.05) is 6.04 Å². The minimum atomic E-state index is -1.19. The second kappa shape index (κ2) is 3.42. The zero-order valence-corrected chi connectivity index (χ0v) is 8.01. The molecule has 2 amide bonds. The van der Waals surface area contributed by atoms with Gasteiger partial charge < -0.3 is 15.3 Å². The fraction of sp³-hybridized carbons (Fsp3) is 0.667. The smallest absolute Gasteiger partial charge is 0.405 e. The number of nitrogens with one attached hydrogen (secondary N) is 1. The molecule has 0 aromatic heterocycles. The van der Waals surface area contributed by atoms with Crippen LogP contribution in [0.4, 0.5) is 4.79 Å². The fourth-order valence-corrected chi connectivity index (χ4v) is 2.40. The Morgan fingerprint density at radius 3 is 2.93 bits per heavy atom. The highest BCUT2D eigenvalue weighted by atomic mass is 16.4. The molecule has 0 aromatic carbocycles. The number of rotatable bonds is 1. The molecule has 0 aromatic rings. The van der Waals surface area contributed by atoms with Gasteiger partial charge in [0.2, 0.25) is 5.91 Å². The van der Waals surface area contributed by atoms with E-state index in [2.05, 4.69) is 11.4 Å². The largest absolute Gasteiger partial charge is 0.465 e. The van der Waals surface area contributed by atoms with Gasteiger partial charge >= 0.3 is 6.09 Å². The van der Waals surface area contributed by atoms with E-state index in [0.717, 1.165) is 6.42 Å². The molecule has 0 saturated carbocycles. The first kappa shape index (κ1) is 9.77. The van der Waals surface area contributed by atoms with Crippen LogP contribution >= 0.6 is 0 Å². The number of nitriles is 1. The molecule has 1 unspecified atom stereocenters. The maximum Gasteiger partial charge on any atom is 0.405 e. The van der Waals surface area contributed by atoms with Gasteiger partial charge in [-0.05, 0) is 19.3 Å². The number of hydrogen-bond donors (Lipinski definition) is 2. The van der Waals surface area contributed by atoms with Gasteiger partial charge in [0.25, 0.3) is 0 Å². The predicted octanol–water partition coefficient (Wildman–Crippen LogP) is -0.0905. The molecule has 0 bridgehead atoms. The number of hydrogen-bond acceptors (Lipinski definition) is 3. The Morgan fingerprint density at radius 2 is 2.33 bits per heavy atom. The minimum absolute atomic E-state index is 0.0407. The van der Waals surface area contributed by atoms with Gasteiger partial charge in [-0.15, -0.1) is 0 Å². The van der Waals surface area contributed by atoms with Crippen molar-refractivity contribution in [3.05, 3.63) is 0 Å². The van der Waals surface area contributed by atoms with Gasteiger partial charge in [-0.2, -0.15) is 5.26 Å². The van der Waals surface area contributed by atoms with Gasteiger partial charge in [0.1, 0.15) is 12.1 Å². The highest BCUT2D eigenvalue weighted by Gasteiger charge is 2.47. The van der Waals surface area contributed by atoms with E-state index >= 15 is 0 Å². The van der Waals surface area contributed by atoms with Crippen LogP contribution in [0.2, 0.25) is 0 Å². The van der Waals surface area contributed by atoms with E-state index in [1.165, 1.54) is 4.90 Å². The lowest BCUT2D eigenvalue weighted by atomic mass is 10.1. The number of carboxylic acid groups (broad SMARTS) is 1. The zero-order valence-electron chi connectivity index (χ0n) is 8.01. The van der Waals surface area contributed by atoms with Crippen molar-refractivity contribution in [3.8, 4) is 6.07 Å².